The minimum absolute atomic E-state index is 0.0838. The minimum Gasteiger partial charge on any atom is -0.469 e. The first-order chi connectivity index (χ1) is 6.86. The van der Waals surface area contributed by atoms with Crippen LogP contribution in [0.25, 0.3) is 0 Å². The summed E-state index contributed by atoms with van der Waals surface area (Å²) < 4.78 is 5.10. The highest BCUT2D eigenvalue weighted by Crippen LogP contribution is 2.07. The zero-order valence-electron chi connectivity index (χ0n) is 7.64. The van der Waals surface area contributed by atoms with Crippen molar-refractivity contribution in [1.82, 2.24) is 0 Å². The summed E-state index contributed by atoms with van der Waals surface area (Å²) in [4.78, 5) is 11.7. The predicted octanol–water partition coefficient (Wildman–Crippen LogP) is 2.71. The lowest BCUT2D eigenvalue weighted by Crippen LogP contribution is -2.01. The van der Waals surface area contributed by atoms with Gasteiger partial charge in [-0.1, -0.05) is 30.3 Å². The third-order valence-electron chi connectivity index (χ3n) is 2.01. The van der Waals surface area contributed by atoms with Crippen LogP contribution in [0.1, 0.15) is 16.1 Å². The van der Waals surface area contributed by atoms with E-state index in [9.17, 15) is 4.79 Å². The van der Waals surface area contributed by atoms with Gasteiger partial charge in [-0.3, -0.25) is 4.79 Å². The predicted molar refractivity (Wildman–Crippen MR) is 53.2 cm³/mol. The third kappa shape index (κ3) is 1.91. The van der Waals surface area contributed by atoms with Crippen molar-refractivity contribution in [3.63, 3.8) is 0 Å². The summed E-state index contributed by atoms with van der Waals surface area (Å²) in [7, 11) is 0. The number of benzene rings is 1. The molecule has 0 spiro atoms. The van der Waals surface area contributed by atoms with Gasteiger partial charge in [-0.15, -0.1) is 0 Å². The van der Waals surface area contributed by atoms with E-state index >= 15 is 0 Å². The first-order valence-electron chi connectivity index (χ1n) is 4.47. The fraction of sp³-hybridized carbons (Fsp3) is 0.0833. The average Bonchev–Trinajstić information content (AvgIpc) is 2.72. The van der Waals surface area contributed by atoms with Gasteiger partial charge in [-0.05, 0) is 12.1 Å². The first-order valence-corrected chi connectivity index (χ1v) is 4.47. The number of rotatable bonds is 3. The van der Waals surface area contributed by atoms with Crippen LogP contribution in [0, 0.1) is 0 Å². The Morgan fingerprint density at radius 1 is 1.07 bits per heavy atom. The molecule has 0 fully saturated rings. The number of furan rings is 1. The van der Waals surface area contributed by atoms with Gasteiger partial charge < -0.3 is 4.42 Å². The van der Waals surface area contributed by atoms with E-state index < -0.39 is 0 Å². The maximum Gasteiger partial charge on any atom is 0.170 e. The van der Waals surface area contributed by atoms with Crippen molar-refractivity contribution in [1.29, 1.82) is 0 Å². The average molecular weight is 186 g/mol. The Morgan fingerprint density at radius 3 is 2.50 bits per heavy atom. The molecule has 1 aromatic heterocycles. The fourth-order valence-electron chi connectivity index (χ4n) is 1.30. The molecule has 70 valence electrons. The van der Waals surface area contributed by atoms with Gasteiger partial charge in [-0.25, -0.2) is 0 Å². The summed E-state index contributed by atoms with van der Waals surface area (Å²) in [6.07, 6.45) is 1.91. The second kappa shape index (κ2) is 3.92. The van der Waals surface area contributed by atoms with Gasteiger partial charge >= 0.3 is 0 Å². The SMILES string of the molecule is O=C(Cc1ccco1)c1ccccc1. The van der Waals surface area contributed by atoms with Crippen molar-refractivity contribution in [3.8, 4) is 0 Å². The van der Waals surface area contributed by atoms with E-state index in [1.165, 1.54) is 0 Å². The number of Topliss-reactive ketones (excluding diaryl/α,β-unsaturated/α-hetero) is 1. The number of hydrogen-bond acceptors (Lipinski definition) is 2. The zero-order valence-corrected chi connectivity index (χ0v) is 7.64. The lowest BCUT2D eigenvalue weighted by Gasteiger charge is -1.97. The number of hydrogen-bond donors (Lipinski definition) is 0. The van der Waals surface area contributed by atoms with E-state index in [2.05, 4.69) is 0 Å². The monoisotopic (exact) mass is 186 g/mol. The second-order valence-corrected chi connectivity index (χ2v) is 3.05. The molecule has 14 heavy (non-hydrogen) atoms. The Hall–Kier alpha value is -1.83. The van der Waals surface area contributed by atoms with Gasteiger partial charge in [0.15, 0.2) is 5.78 Å². The van der Waals surface area contributed by atoms with Crippen LogP contribution >= 0.6 is 0 Å². The summed E-state index contributed by atoms with van der Waals surface area (Å²) in [5, 5.41) is 0. The first kappa shape index (κ1) is 8.75. The summed E-state index contributed by atoms with van der Waals surface area (Å²) in [6, 6.07) is 12.8. The second-order valence-electron chi connectivity index (χ2n) is 3.05. The van der Waals surface area contributed by atoms with Crippen LogP contribution in [0.15, 0.2) is 53.1 Å². The molecule has 0 amide bonds. The molecule has 0 unspecified atom stereocenters. The van der Waals surface area contributed by atoms with Crippen molar-refractivity contribution in [2.45, 2.75) is 6.42 Å². The summed E-state index contributed by atoms with van der Waals surface area (Å²) >= 11 is 0. The van der Waals surface area contributed by atoms with Gasteiger partial charge in [-0.2, -0.15) is 0 Å². The summed E-state index contributed by atoms with van der Waals surface area (Å²) in [6.45, 7) is 0. The lowest BCUT2D eigenvalue weighted by molar-refractivity contribution is 0.0987. The fourth-order valence-corrected chi connectivity index (χ4v) is 1.30. The summed E-state index contributed by atoms with van der Waals surface area (Å²) in [5.41, 5.74) is 0.726. The van der Waals surface area contributed by atoms with Crippen LogP contribution in [-0.2, 0) is 6.42 Å². The molecule has 1 aromatic carbocycles. The highest BCUT2D eigenvalue weighted by molar-refractivity contribution is 5.97. The molecule has 2 rings (SSSR count). The van der Waals surface area contributed by atoms with E-state index in [0.717, 1.165) is 5.56 Å². The molecular formula is C12H10O2. The molecule has 0 aliphatic heterocycles. The Balaban J connectivity index is 2.11. The largest absolute Gasteiger partial charge is 0.469 e. The Morgan fingerprint density at radius 2 is 1.86 bits per heavy atom. The van der Waals surface area contributed by atoms with Gasteiger partial charge in [0.2, 0.25) is 0 Å². The highest BCUT2D eigenvalue weighted by atomic mass is 16.3. The Labute approximate surface area is 82.2 Å². The molecule has 1 heterocycles. The zero-order chi connectivity index (χ0) is 9.80. The molecule has 0 N–H and O–H groups in total. The van der Waals surface area contributed by atoms with E-state index in [4.69, 9.17) is 4.42 Å². The molecule has 0 aliphatic rings. The lowest BCUT2D eigenvalue weighted by atomic mass is 10.1. The quantitative estimate of drug-likeness (QED) is 0.690. The standard InChI is InChI=1S/C12H10O2/c13-12(9-11-7-4-8-14-11)10-5-2-1-3-6-10/h1-8H,9H2. The number of carbonyl (C=O) groups excluding carboxylic acids is 1. The molecule has 0 saturated heterocycles. The van der Waals surface area contributed by atoms with Gasteiger partial charge in [0, 0.05) is 5.56 Å². The van der Waals surface area contributed by atoms with Crippen molar-refractivity contribution >= 4 is 5.78 Å². The van der Waals surface area contributed by atoms with E-state index in [1.54, 1.807) is 18.4 Å². The van der Waals surface area contributed by atoms with Gasteiger partial charge in [0.25, 0.3) is 0 Å². The Bertz CT molecular complexity index is 401. The molecule has 0 aliphatic carbocycles. The normalized spacial score (nSPS) is 10.0. The molecule has 2 heteroatoms. The third-order valence-corrected chi connectivity index (χ3v) is 2.01. The van der Waals surface area contributed by atoms with Gasteiger partial charge in [0.05, 0.1) is 12.7 Å². The number of carbonyl (C=O) groups is 1. The van der Waals surface area contributed by atoms with Crippen LogP contribution in [0.2, 0.25) is 0 Å². The molecule has 0 atom stereocenters. The number of ketones is 1. The Kier molecular flexibility index (Phi) is 2.45. The van der Waals surface area contributed by atoms with E-state index in [0.29, 0.717) is 12.2 Å². The molecule has 0 bridgehead atoms. The smallest absolute Gasteiger partial charge is 0.170 e. The molecule has 2 nitrogen and oxygen atoms in total. The summed E-state index contributed by atoms with van der Waals surface area (Å²) in [5.74, 6) is 0.791. The van der Waals surface area contributed by atoms with Crippen LogP contribution in [-0.4, -0.2) is 5.78 Å². The van der Waals surface area contributed by atoms with Crippen molar-refractivity contribution in [3.05, 3.63) is 60.1 Å². The van der Waals surface area contributed by atoms with E-state index in [-0.39, 0.29) is 5.78 Å². The van der Waals surface area contributed by atoms with Crippen molar-refractivity contribution in [2.24, 2.45) is 0 Å². The van der Waals surface area contributed by atoms with Crippen molar-refractivity contribution < 1.29 is 9.21 Å². The topological polar surface area (TPSA) is 30.2 Å². The van der Waals surface area contributed by atoms with Crippen LogP contribution < -0.4 is 0 Å². The highest BCUT2D eigenvalue weighted by Gasteiger charge is 2.07. The molecule has 0 radical (unpaired) electrons. The van der Waals surface area contributed by atoms with Crippen LogP contribution in [0.3, 0.4) is 0 Å². The van der Waals surface area contributed by atoms with Crippen LogP contribution in [0.4, 0.5) is 0 Å². The maximum atomic E-state index is 11.7. The minimum atomic E-state index is 0.0838. The van der Waals surface area contributed by atoms with Gasteiger partial charge in [0.1, 0.15) is 5.76 Å². The maximum absolute atomic E-state index is 11.7. The molecule has 2 aromatic rings. The van der Waals surface area contributed by atoms with Crippen LogP contribution in [0.5, 0.6) is 0 Å². The van der Waals surface area contributed by atoms with Crippen molar-refractivity contribution in [2.75, 3.05) is 0 Å². The van der Waals surface area contributed by atoms with E-state index in [1.807, 2.05) is 30.3 Å². The molecular weight excluding hydrogens is 176 g/mol. The molecule has 0 saturated carbocycles.